The normalized spacial score (nSPS) is 15.6. The number of ether oxygens (including phenoxy) is 1. The minimum absolute atomic E-state index is 0.265. The van der Waals surface area contributed by atoms with Gasteiger partial charge in [-0.1, -0.05) is 42.5 Å². The number of nitrogens with one attached hydrogen (secondary N) is 1. The summed E-state index contributed by atoms with van der Waals surface area (Å²) < 4.78 is 5.59. The van der Waals surface area contributed by atoms with Crippen LogP contribution in [0.2, 0.25) is 0 Å². The fourth-order valence-electron chi connectivity index (χ4n) is 3.72. The van der Waals surface area contributed by atoms with Crippen molar-refractivity contribution in [2.75, 3.05) is 5.32 Å². The topological polar surface area (TPSA) is 83.4 Å². The summed E-state index contributed by atoms with van der Waals surface area (Å²) in [6, 6.07) is 23.7. The van der Waals surface area contributed by atoms with E-state index in [1.807, 2.05) is 75.4 Å². The fraction of sp³-hybridized carbons (Fsp3) is 0.259. The summed E-state index contributed by atoms with van der Waals surface area (Å²) in [5.74, 6) is -0.265. The van der Waals surface area contributed by atoms with E-state index in [9.17, 15) is 9.59 Å². The molecule has 7 nitrogen and oxygen atoms in total. The Balaban J connectivity index is 1.48. The van der Waals surface area contributed by atoms with Crippen LogP contribution in [0, 0.1) is 0 Å². The number of benzene rings is 3. The number of nitrogens with zero attached hydrogens (tertiary/aromatic N) is 3. The molecule has 0 spiro atoms. The molecule has 2 amide bonds. The molecule has 0 unspecified atom stereocenters. The van der Waals surface area contributed by atoms with Crippen molar-refractivity contribution in [3.8, 4) is 0 Å². The zero-order valence-electron chi connectivity index (χ0n) is 19.6. The summed E-state index contributed by atoms with van der Waals surface area (Å²) in [4.78, 5) is 27.7. The fourth-order valence-corrected chi connectivity index (χ4v) is 3.72. The minimum Gasteiger partial charge on any atom is -0.444 e. The molecule has 34 heavy (non-hydrogen) atoms. The van der Waals surface area contributed by atoms with Crippen LogP contribution >= 0.6 is 0 Å². The molecule has 1 aliphatic heterocycles. The Morgan fingerprint density at radius 3 is 2.09 bits per heavy atom. The van der Waals surface area contributed by atoms with Crippen molar-refractivity contribution in [1.29, 1.82) is 0 Å². The molecule has 3 aromatic rings. The number of hydrogen-bond donors (Lipinski definition) is 1. The van der Waals surface area contributed by atoms with Gasteiger partial charge in [-0.3, -0.25) is 9.69 Å². The number of anilines is 1. The first kappa shape index (κ1) is 23.2. The molecule has 0 fully saturated rings. The maximum absolute atomic E-state index is 13.3. The third-order valence-corrected chi connectivity index (χ3v) is 5.35. The van der Waals surface area contributed by atoms with E-state index in [0.717, 1.165) is 16.8 Å². The van der Waals surface area contributed by atoms with E-state index in [2.05, 4.69) is 15.5 Å². The lowest BCUT2D eigenvalue weighted by Gasteiger charge is -2.36. The Morgan fingerprint density at radius 2 is 1.44 bits per heavy atom. The van der Waals surface area contributed by atoms with Crippen molar-refractivity contribution in [3.63, 3.8) is 0 Å². The average Bonchev–Trinajstić information content (AvgIpc) is 2.82. The molecular weight excluding hydrogens is 428 g/mol. The van der Waals surface area contributed by atoms with E-state index >= 15 is 0 Å². The van der Waals surface area contributed by atoms with Crippen molar-refractivity contribution >= 4 is 29.1 Å². The molecule has 1 aliphatic rings. The first-order valence-electron chi connectivity index (χ1n) is 11.2. The van der Waals surface area contributed by atoms with Gasteiger partial charge in [-0.25, -0.2) is 4.79 Å². The predicted octanol–water partition coefficient (Wildman–Crippen LogP) is 6.40. The van der Waals surface area contributed by atoms with Gasteiger partial charge in [-0.2, -0.15) is 10.2 Å². The molecule has 1 heterocycles. The van der Waals surface area contributed by atoms with Crippen molar-refractivity contribution in [1.82, 2.24) is 4.90 Å². The summed E-state index contributed by atoms with van der Waals surface area (Å²) in [5.41, 5.74) is 3.47. The van der Waals surface area contributed by atoms with E-state index in [-0.39, 0.29) is 5.91 Å². The lowest BCUT2D eigenvalue weighted by atomic mass is 9.93. The highest BCUT2D eigenvalue weighted by molar-refractivity contribution is 5.97. The van der Waals surface area contributed by atoms with Crippen molar-refractivity contribution in [2.24, 2.45) is 10.2 Å². The Kier molecular flexibility index (Phi) is 6.72. The Morgan fingerprint density at radius 1 is 0.853 bits per heavy atom. The Hall–Kier alpha value is -4.00. The average molecular weight is 457 g/mol. The molecule has 7 heteroatoms. The molecule has 0 saturated carbocycles. The van der Waals surface area contributed by atoms with Crippen LogP contribution in [0.25, 0.3) is 0 Å². The van der Waals surface area contributed by atoms with Crippen molar-refractivity contribution in [2.45, 2.75) is 45.4 Å². The Bertz CT molecular complexity index is 1180. The maximum atomic E-state index is 13.3. The maximum Gasteiger partial charge on any atom is 0.411 e. The van der Waals surface area contributed by atoms with Crippen LogP contribution in [-0.4, -0.2) is 28.5 Å². The second-order valence-electron chi connectivity index (χ2n) is 9.17. The van der Waals surface area contributed by atoms with E-state index in [1.165, 1.54) is 4.90 Å². The van der Waals surface area contributed by atoms with Crippen LogP contribution in [0.5, 0.6) is 0 Å². The first-order valence-corrected chi connectivity index (χ1v) is 11.2. The van der Waals surface area contributed by atoms with Crippen LogP contribution in [0.3, 0.4) is 0 Å². The highest BCUT2D eigenvalue weighted by Crippen LogP contribution is 2.27. The molecule has 174 valence electrons. The van der Waals surface area contributed by atoms with Gasteiger partial charge in [-0.15, -0.1) is 0 Å². The lowest BCUT2D eigenvalue weighted by molar-refractivity contribution is -0.121. The molecule has 0 saturated heterocycles. The van der Waals surface area contributed by atoms with Gasteiger partial charge in [0.25, 0.3) is 0 Å². The standard InChI is InChI=1S/C27H28N4O3/c1-27(2,3)34-26(33)31-18-20-10-8-7-9-19(20)17-24(31)25(32)28-21-13-15-23(16-14-21)30-29-22-11-5-4-6-12-22/h4-16,24H,17-18H2,1-3H3,(H,28,32)/t24-/m0/s1. The zero-order chi connectivity index (χ0) is 24.1. The van der Waals surface area contributed by atoms with Gasteiger partial charge < -0.3 is 10.1 Å². The smallest absolute Gasteiger partial charge is 0.411 e. The van der Waals surface area contributed by atoms with Crippen LogP contribution in [-0.2, 0) is 22.5 Å². The molecule has 0 radical (unpaired) electrons. The summed E-state index contributed by atoms with van der Waals surface area (Å²) in [6.07, 6.45) is -0.0798. The predicted molar refractivity (Wildman–Crippen MR) is 131 cm³/mol. The van der Waals surface area contributed by atoms with Crippen LogP contribution in [0.15, 0.2) is 89.1 Å². The van der Waals surface area contributed by atoms with Crippen LogP contribution in [0.1, 0.15) is 31.9 Å². The monoisotopic (exact) mass is 456 g/mol. The van der Waals surface area contributed by atoms with Crippen molar-refractivity contribution in [3.05, 3.63) is 90.0 Å². The minimum atomic E-state index is -0.679. The van der Waals surface area contributed by atoms with E-state index < -0.39 is 17.7 Å². The second-order valence-corrected chi connectivity index (χ2v) is 9.17. The number of carbonyl (C=O) groups is 2. The Labute approximate surface area is 199 Å². The molecule has 3 aromatic carbocycles. The summed E-state index contributed by atoms with van der Waals surface area (Å²) in [5, 5.41) is 11.4. The third kappa shape index (κ3) is 5.86. The second kappa shape index (κ2) is 9.87. The number of carbonyl (C=O) groups excluding carboxylic acids is 2. The van der Waals surface area contributed by atoms with E-state index in [1.54, 1.807) is 24.3 Å². The quantitative estimate of drug-likeness (QED) is 0.461. The largest absolute Gasteiger partial charge is 0.444 e. The summed E-state index contributed by atoms with van der Waals surface area (Å²) >= 11 is 0. The van der Waals surface area contributed by atoms with Gasteiger partial charge in [0.1, 0.15) is 11.6 Å². The van der Waals surface area contributed by atoms with Crippen LogP contribution in [0.4, 0.5) is 21.9 Å². The molecule has 1 N–H and O–H groups in total. The SMILES string of the molecule is CC(C)(C)OC(=O)N1Cc2ccccc2C[C@H]1C(=O)Nc1ccc(N=Nc2ccccc2)cc1. The molecule has 0 aliphatic carbocycles. The van der Waals surface area contributed by atoms with Gasteiger partial charge in [0.15, 0.2) is 0 Å². The number of amides is 2. The van der Waals surface area contributed by atoms with Gasteiger partial charge in [0.05, 0.1) is 17.9 Å². The third-order valence-electron chi connectivity index (χ3n) is 5.35. The van der Waals surface area contributed by atoms with E-state index in [0.29, 0.717) is 24.3 Å². The lowest BCUT2D eigenvalue weighted by Crippen LogP contribution is -2.52. The van der Waals surface area contributed by atoms with E-state index in [4.69, 9.17) is 4.74 Å². The highest BCUT2D eigenvalue weighted by Gasteiger charge is 2.37. The van der Waals surface area contributed by atoms with Gasteiger partial charge in [0, 0.05) is 12.1 Å². The van der Waals surface area contributed by atoms with Gasteiger partial charge >= 0.3 is 6.09 Å². The summed E-state index contributed by atoms with van der Waals surface area (Å²) in [7, 11) is 0. The highest BCUT2D eigenvalue weighted by atomic mass is 16.6. The molecule has 1 atom stereocenters. The molecule has 0 bridgehead atoms. The van der Waals surface area contributed by atoms with Gasteiger partial charge in [-0.05, 0) is 68.3 Å². The van der Waals surface area contributed by atoms with Crippen molar-refractivity contribution < 1.29 is 14.3 Å². The number of rotatable bonds is 4. The number of fused-ring (bicyclic) bond motifs is 1. The summed E-state index contributed by atoms with van der Waals surface area (Å²) in [6.45, 7) is 5.76. The molecular formula is C27H28N4O3. The van der Waals surface area contributed by atoms with Gasteiger partial charge in [0.2, 0.25) is 5.91 Å². The van der Waals surface area contributed by atoms with Crippen LogP contribution < -0.4 is 5.32 Å². The molecule has 0 aromatic heterocycles. The zero-order valence-corrected chi connectivity index (χ0v) is 19.6. The number of hydrogen-bond acceptors (Lipinski definition) is 5. The molecule has 4 rings (SSSR count). The first-order chi connectivity index (χ1) is 16.3. The number of azo groups is 1.